The van der Waals surface area contributed by atoms with Gasteiger partial charge >= 0.3 is 5.97 Å². The Hall–Kier alpha value is -3.08. The number of nitrogens with two attached hydrogens (primary N) is 1. The summed E-state index contributed by atoms with van der Waals surface area (Å²) in [5.41, 5.74) is 5.07. The van der Waals surface area contributed by atoms with E-state index in [2.05, 4.69) is 0 Å². The Labute approximate surface area is 149 Å². The number of benzene rings is 1. The van der Waals surface area contributed by atoms with E-state index in [0.717, 1.165) is 6.07 Å². The minimum atomic E-state index is -1.31. The lowest BCUT2D eigenvalue weighted by Gasteiger charge is -2.28. The fourth-order valence-electron chi connectivity index (χ4n) is 2.74. The summed E-state index contributed by atoms with van der Waals surface area (Å²) in [6.07, 6.45) is 0. The highest BCUT2D eigenvalue weighted by Crippen LogP contribution is 2.44. The summed E-state index contributed by atoms with van der Waals surface area (Å²) in [7, 11) is 0. The fourth-order valence-corrected chi connectivity index (χ4v) is 2.74. The van der Waals surface area contributed by atoms with Crippen LogP contribution in [0.3, 0.4) is 0 Å². The van der Waals surface area contributed by atoms with E-state index in [-0.39, 0.29) is 47.3 Å². The van der Waals surface area contributed by atoms with Crippen LogP contribution in [0.1, 0.15) is 32.3 Å². The molecule has 2 N–H and O–H groups in total. The summed E-state index contributed by atoms with van der Waals surface area (Å²) in [4.78, 5) is 12.4. The van der Waals surface area contributed by atoms with Gasteiger partial charge in [0.25, 0.3) is 0 Å². The van der Waals surface area contributed by atoms with Gasteiger partial charge in [-0.2, -0.15) is 5.26 Å². The van der Waals surface area contributed by atoms with E-state index in [1.165, 1.54) is 13.0 Å². The van der Waals surface area contributed by atoms with Crippen LogP contribution in [-0.2, 0) is 14.3 Å². The van der Waals surface area contributed by atoms with Crippen LogP contribution in [0.25, 0.3) is 0 Å². The van der Waals surface area contributed by atoms with Crippen LogP contribution in [0.4, 0.5) is 8.78 Å². The third-order valence-corrected chi connectivity index (χ3v) is 3.78. The zero-order chi connectivity index (χ0) is 19.4. The highest BCUT2D eigenvalue weighted by molar-refractivity contribution is 5.92. The number of ether oxygens (including phenoxy) is 3. The minimum absolute atomic E-state index is 0.00607. The molecule has 8 heteroatoms. The number of halogens is 2. The SMILES string of the molecule is CCOC(=O)C1=C(C)OC(N)=C(C#N)C1c1c(OCC)ccc(F)c1F. The second kappa shape index (κ2) is 7.87. The van der Waals surface area contributed by atoms with Gasteiger partial charge in [0.15, 0.2) is 11.6 Å². The van der Waals surface area contributed by atoms with Crippen molar-refractivity contribution in [2.45, 2.75) is 26.7 Å². The highest BCUT2D eigenvalue weighted by atomic mass is 19.2. The molecule has 1 unspecified atom stereocenters. The maximum Gasteiger partial charge on any atom is 0.338 e. The molecule has 1 aliphatic heterocycles. The molecule has 0 fully saturated rings. The van der Waals surface area contributed by atoms with Gasteiger partial charge in [0.1, 0.15) is 23.2 Å². The van der Waals surface area contributed by atoms with E-state index in [0.29, 0.717) is 0 Å². The molecular formula is C18H18F2N2O4. The van der Waals surface area contributed by atoms with Crippen LogP contribution >= 0.6 is 0 Å². The number of hydrogen-bond acceptors (Lipinski definition) is 6. The first kappa shape index (κ1) is 19.2. The molecule has 0 aliphatic carbocycles. The predicted octanol–water partition coefficient (Wildman–Crippen LogP) is 3.01. The molecule has 0 spiro atoms. The molecule has 0 bridgehead atoms. The van der Waals surface area contributed by atoms with Crippen LogP contribution in [0.5, 0.6) is 5.75 Å². The lowest BCUT2D eigenvalue weighted by atomic mass is 9.82. The molecule has 0 saturated carbocycles. The normalized spacial score (nSPS) is 16.8. The van der Waals surface area contributed by atoms with Gasteiger partial charge < -0.3 is 19.9 Å². The molecule has 1 atom stereocenters. The zero-order valence-corrected chi connectivity index (χ0v) is 14.6. The molecule has 0 saturated heterocycles. The third-order valence-electron chi connectivity index (χ3n) is 3.78. The van der Waals surface area contributed by atoms with Crippen molar-refractivity contribution < 1.29 is 27.8 Å². The predicted molar refractivity (Wildman–Crippen MR) is 87.5 cm³/mol. The van der Waals surface area contributed by atoms with Crippen LogP contribution in [0, 0.1) is 23.0 Å². The summed E-state index contributed by atoms with van der Waals surface area (Å²) >= 11 is 0. The Morgan fingerprint density at radius 3 is 2.62 bits per heavy atom. The molecule has 26 heavy (non-hydrogen) atoms. The quantitative estimate of drug-likeness (QED) is 0.807. The summed E-state index contributed by atoms with van der Waals surface area (Å²) in [5.74, 6) is -4.78. The van der Waals surface area contributed by atoms with Gasteiger partial charge in [-0.3, -0.25) is 0 Å². The van der Waals surface area contributed by atoms with Crippen molar-refractivity contribution >= 4 is 5.97 Å². The number of nitriles is 1. The number of rotatable bonds is 5. The van der Waals surface area contributed by atoms with Crippen LogP contribution < -0.4 is 10.5 Å². The fraction of sp³-hybridized carbons (Fsp3) is 0.333. The number of hydrogen-bond donors (Lipinski definition) is 1. The first-order valence-corrected chi connectivity index (χ1v) is 7.93. The number of esters is 1. The van der Waals surface area contributed by atoms with Crippen molar-refractivity contribution in [2.24, 2.45) is 5.73 Å². The van der Waals surface area contributed by atoms with Gasteiger partial charge in [0.2, 0.25) is 5.88 Å². The molecule has 0 aromatic heterocycles. The summed E-state index contributed by atoms with van der Waals surface area (Å²) in [6, 6.07) is 3.95. The molecule has 1 aliphatic rings. The molecule has 2 rings (SSSR count). The number of nitrogens with zero attached hydrogens (tertiary/aromatic N) is 1. The number of carbonyl (C=O) groups excluding carboxylic acids is 1. The average molecular weight is 364 g/mol. The summed E-state index contributed by atoms with van der Waals surface area (Å²) in [6.45, 7) is 4.90. The van der Waals surface area contributed by atoms with E-state index in [1.54, 1.807) is 13.8 Å². The molecule has 6 nitrogen and oxygen atoms in total. The Kier molecular flexibility index (Phi) is 5.82. The summed E-state index contributed by atoms with van der Waals surface area (Å²) in [5, 5.41) is 9.49. The number of allylic oxidation sites excluding steroid dienone is 2. The lowest BCUT2D eigenvalue weighted by molar-refractivity contribution is -0.139. The zero-order valence-electron chi connectivity index (χ0n) is 14.6. The van der Waals surface area contributed by atoms with Crippen molar-refractivity contribution in [3.63, 3.8) is 0 Å². The average Bonchev–Trinajstić information content (AvgIpc) is 2.58. The van der Waals surface area contributed by atoms with Gasteiger partial charge in [0, 0.05) is 5.56 Å². The van der Waals surface area contributed by atoms with Crippen LogP contribution in [0.2, 0.25) is 0 Å². The van der Waals surface area contributed by atoms with Crippen molar-refractivity contribution in [1.29, 1.82) is 5.26 Å². The Morgan fingerprint density at radius 2 is 2.04 bits per heavy atom. The van der Waals surface area contributed by atoms with Crippen molar-refractivity contribution in [3.8, 4) is 11.8 Å². The molecular weight excluding hydrogens is 346 g/mol. The van der Waals surface area contributed by atoms with Gasteiger partial charge in [-0.25, -0.2) is 13.6 Å². The monoisotopic (exact) mass is 364 g/mol. The lowest BCUT2D eigenvalue weighted by Crippen LogP contribution is -2.26. The molecule has 138 valence electrons. The van der Waals surface area contributed by atoms with Gasteiger partial charge in [0.05, 0.1) is 24.7 Å². The topological polar surface area (TPSA) is 94.6 Å². The van der Waals surface area contributed by atoms with Crippen LogP contribution in [-0.4, -0.2) is 19.2 Å². The second-order valence-electron chi connectivity index (χ2n) is 5.32. The van der Waals surface area contributed by atoms with Crippen LogP contribution in [0.15, 0.2) is 34.9 Å². The van der Waals surface area contributed by atoms with Crippen molar-refractivity contribution in [3.05, 3.63) is 52.1 Å². The van der Waals surface area contributed by atoms with E-state index >= 15 is 0 Å². The Bertz CT molecular complexity index is 840. The molecule has 1 aromatic carbocycles. The van der Waals surface area contributed by atoms with Crippen molar-refractivity contribution in [2.75, 3.05) is 13.2 Å². The van der Waals surface area contributed by atoms with E-state index < -0.39 is 23.5 Å². The smallest absolute Gasteiger partial charge is 0.338 e. The minimum Gasteiger partial charge on any atom is -0.493 e. The maximum atomic E-state index is 14.7. The van der Waals surface area contributed by atoms with E-state index in [9.17, 15) is 18.8 Å². The van der Waals surface area contributed by atoms with E-state index in [4.69, 9.17) is 19.9 Å². The summed E-state index contributed by atoms with van der Waals surface area (Å²) < 4.78 is 44.3. The first-order chi connectivity index (χ1) is 12.4. The molecule has 0 amide bonds. The third kappa shape index (κ3) is 3.33. The van der Waals surface area contributed by atoms with Gasteiger partial charge in [-0.1, -0.05) is 0 Å². The standard InChI is InChI=1S/C18H18F2N2O4/c1-4-24-12-7-6-11(19)16(20)15(12)14-10(8-21)17(22)26-9(3)13(14)18(23)25-5-2/h6-7,14H,4-5,22H2,1-3H3. The molecule has 1 heterocycles. The molecule has 1 aromatic rings. The van der Waals surface area contributed by atoms with Gasteiger partial charge in [-0.15, -0.1) is 0 Å². The highest BCUT2D eigenvalue weighted by Gasteiger charge is 2.40. The van der Waals surface area contributed by atoms with Gasteiger partial charge in [-0.05, 0) is 32.9 Å². The largest absolute Gasteiger partial charge is 0.493 e. The second-order valence-corrected chi connectivity index (χ2v) is 5.32. The maximum absolute atomic E-state index is 14.7. The Balaban J connectivity index is 2.80. The van der Waals surface area contributed by atoms with E-state index in [1.807, 2.05) is 6.07 Å². The number of carbonyl (C=O) groups is 1. The molecule has 0 radical (unpaired) electrons. The Morgan fingerprint density at radius 1 is 1.35 bits per heavy atom. The first-order valence-electron chi connectivity index (χ1n) is 7.93. The van der Waals surface area contributed by atoms with Crippen molar-refractivity contribution in [1.82, 2.24) is 0 Å².